The molecule has 27 heavy (non-hydrogen) atoms. The van der Waals surface area contributed by atoms with Crippen molar-refractivity contribution in [3.05, 3.63) is 80.4 Å². The van der Waals surface area contributed by atoms with Crippen LogP contribution in [0.15, 0.2) is 52.2 Å². The van der Waals surface area contributed by atoms with Crippen molar-refractivity contribution in [2.45, 2.75) is 26.8 Å². The smallest absolute Gasteiger partial charge is 0.328 e. The number of nitrogens with one attached hydrogen (secondary N) is 2. The van der Waals surface area contributed by atoms with Gasteiger partial charge in [0.1, 0.15) is 6.54 Å². The fourth-order valence-corrected chi connectivity index (χ4v) is 2.82. The van der Waals surface area contributed by atoms with Crippen LogP contribution in [0.25, 0.3) is 5.69 Å². The normalized spacial score (nSPS) is 10.7. The van der Waals surface area contributed by atoms with Gasteiger partial charge in [-0.15, -0.1) is 0 Å². The summed E-state index contributed by atoms with van der Waals surface area (Å²) in [6.07, 6.45) is 1.97. The minimum Gasteiger partial charge on any atom is -0.354 e. The molecule has 140 valence electrons. The van der Waals surface area contributed by atoms with E-state index in [2.05, 4.69) is 15.4 Å². The second-order valence-corrected chi connectivity index (χ2v) is 6.34. The van der Waals surface area contributed by atoms with Crippen molar-refractivity contribution in [1.82, 2.24) is 24.6 Å². The third-order valence-corrected chi connectivity index (χ3v) is 4.14. The molecule has 3 rings (SSSR count). The molecular weight excluding hydrogens is 346 g/mol. The minimum absolute atomic E-state index is 0.132. The van der Waals surface area contributed by atoms with E-state index in [1.807, 2.05) is 48.9 Å². The van der Waals surface area contributed by atoms with Crippen LogP contribution in [0.2, 0.25) is 0 Å². The van der Waals surface area contributed by atoms with Crippen molar-refractivity contribution in [2.75, 3.05) is 6.54 Å². The molecule has 0 saturated carbocycles. The van der Waals surface area contributed by atoms with Gasteiger partial charge in [-0.2, -0.15) is 5.10 Å². The van der Waals surface area contributed by atoms with E-state index in [0.29, 0.717) is 13.0 Å². The molecule has 1 aromatic carbocycles. The summed E-state index contributed by atoms with van der Waals surface area (Å²) in [4.78, 5) is 36.6. The van der Waals surface area contributed by atoms with Crippen molar-refractivity contribution in [2.24, 2.45) is 0 Å². The van der Waals surface area contributed by atoms with Crippen LogP contribution in [0, 0.1) is 13.8 Å². The van der Waals surface area contributed by atoms with Gasteiger partial charge in [0.2, 0.25) is 5.91 Å². The number of aryl methyl sites for hydroxylation is 2. The van der Waals surface area contributed by atoms with E-state index in [1.165, 1.54) is 12.3 Å². The van der Waals surface area contributed by atoms with Gasteiger partial charge in [-0.3, -0.25) is 19.1 Å². The highest BCUT2D eigenvalue weighted by molar-refractivity contribution is 5.75. The second-order valence-electron chi connectivity index (χ2n) is 6.34. The van der Waals surface area contributed by atoms with Gasteiger partial charge in [0.15, 0.2) is 0 Å². The summed E-state index contributed by atoms with van der Waals surface area (Å²) in [6.45, 7) is 4.29. The molecule has 2 N–H and O–H groups in total. The van der Waals surface area contributed by atoms with Gasteiger partial charge in [0.25, 0.3) is 5.56 Å². The predicted octanol–water partition coefficient (Wildman–Crippen LogP) is 0.698. The Morgan fingerprint density at radius 3 is 2.52 bits per heavy atom. The number of rotatable bonds is 6. The molecule has 8 nitrogen and oxygen atoms in total. The molecule has 0 fully saturated rings. The van der Waals surface area contributed by atoms with Gasteiger partial charge in [-0.1, -0.05) is 12.1 Å². The molecule has 0 saturated heterocycles. The Morgan fingerprint density at radius 1 is 1.15 bits per heavy atom. The zero-order valence-electron chi connectivity index (χ0n) is 15.2. The monoisotopic (exact) mass is 367 g/mol. The molecule has 8 heteroatoms. The third kappa shape index (κ3) is 4.60. The van der Waals surface area contributed by atoms with Crippen LogP contribution in [0.1, 0.15) is 17.0 Å². The Kier molecular flexibility index (Phi) is 5.35. The van der Waals surface area contributed by atoms with Gasteiger partial charge in [0.05, 0.1) is 11.4 Å². The quantitative estimate of drug-likeness (QED) is 0.669. The highest BCUT2D eigenvalue weighted by atomic mass is 16.2. The number of aromatic nitrogens is 4. The third-order valence-electron chi connectivity index (χ3n) is 4.14. The first kappa shape index (κ1) is 18.4. The summed E-state index contributed by atoms with van der Waals surface area (Å²) < 4.78 is 3.04. The lowest BCUT2D eigenvalue weighted by Gasteiger charge is -2.08. The van der Waals surface area contributed by atoms with Crippen LogP contribution in [-0.2, 0) is 17.8 Å². The average Bonchev–Trinajstić information content (AvgIpc) is 2.96. The first-order valence-corrected chi connectivity index (χ1v) is 8.61. The predicted molar refractivity (Wildman–Crippen MR) is 101 cm³/mol. The van der Waals surface area contributed by atoms with E-state index in [1.54, 1.807) is 0 Å². The molecule has 2 heterocycles. The van der Waals surface area contributed by atoms with Gasteiger partial charge < -0.3 is 5.32 Å². The molecule has 0 atom stereocenters. The largest absolute Gasteiger partial charge is 0.354 e. The number of amides is 1. The summed E-state index contributed by atoms with van der Waals surface area (Å²) in [5.41, 5.74) is 3.04. The van der Waals surface area contributed by atoms with Gasteiger partial charge in [-0.05, 0) is 44.0 Å². The van der Waals surface area contributed by atoms with E-state index >= 15 is 0 Å². The van der Waals surface area contributed by atoms with Crippen molar-refractivity contribution >= 4 is 5.91 Å². The summed E-state index contributed by atoms with van der Waals surface area (Å²) in [7, 11) is 0. The molecule has 0 bridgehead atoms. The van der Waals surface area contributed by atoms with Crippen LogP contribution in [0.5, 0.6) is 0 Å². The van der Waals surface area contributed by atoms with Crippen molar-refractivity contribution in [3.63, 3.8) is 0 Å². The molecule has 2 aromatic heterocycles. The molecule has 0 aliphatic rings. The lowest BCUT2D eigenvalue weighted by atomic mass is 10.1. The lowest BCUT2D eigenvalue weighted by Crippen LogP contribution is -2.36. The maximum Gasteiger partial charge on any atom is 0.328 e. The first-order chi connectivity index (χ1) is 12.9. The van der Waals surface area contributed by atoms with E-state index in [-0.39, 0.29) is 12.5 Å². The van der Waals surface area contributed by atoms with E-state index in [4.69, 9.17) is 0 Å². The molecule has 0 aliphatic carbocycles. The Labute approximate surface area is 155 Å². The summed E-state index contributed by atoms with van der Waals surface area (Å²) in [5, 5.41) is 7.23. The van der Waals surface area contributed by atoms with Crippen molar-refractivity contribution in [3.8, 4) is 5.69 Å². The minimum atomic E-state index is -0.600. The van der Waals surface area contributed by atoms with E-state index in [9.17, 15) is 14.4 Å². The summed E-state index contributed by atoms with van der Waals surface area (Å²) in [5.74, 6) is -0.289. The molecule has 0 radical (unpaired) electrons. The SMILES string of the molecule is Cc1cc(C)n(-c2ccc(CCNC(=O)Cn3ccc(=O)[nH]c3=O)cc2)n1. The molecule has 0 unspecified atom stereocenters. The van der Waals surface area contributed by atoms with E-state index in [0.717, 1.165) is 27.2 Å². The van der Waals surface area contributed by atoms with Crippen molar-refractivity contribution < 1.29 is 4.79 Å². The number of hydrogen-bond acceptors (Lipinski definition) is 4. The number of nitrogens with zero attached hydrogens (tertiary/aromatic N) is 3. The zero-order chi connectivity index (χ0) is 19.4. The van der Waals surface area contributed by atoms with Crippen molar-refractivity contribution in [1.29, 1.82) is 0 Å². The summed E-state index contributed by atoms with van der Waals surface area (Å²) >= 11 is 0. The first-order valence-electron chi connectivity index (χ1n) is 8.61. The van der Waals surface area contributed by atoms with Crippen LogP contribution in [0.4, 0.5) is 0 Å². The number of carbonyl (C=O) groups excluding carboxylic acids is 1. The molecular formula is C19H21N5O3. The molecule has 3 aromatic rings. The summed E-state index contributed by atoms with van der Waals surface area (Å²) in [6, 6.07) is 11.2. The number of aromatic amines is 1. The van der Waals surface area contributed by atoms with Gasteiger partial charge >= 0.3 is 5.69 Å². The second kappa shape index (κ2) is 7.86. The van der Waals surface area contributed by atoms with E-state index < -0.39 is 11.2 Å². The van der Waals surface area contributed by atoms with Crippen LogP contribution in [-0.4, -0.2) is 31.8 Å². The number of carbonyl (C=O) groups is 1. The lowest BCUT2D eigenvalue weighted by molar-refractivity contribution is -0.121. The number of hydrogen-bond donors (Lipinski definition) is 2. The Balaban J connectivity index is 1.53. The molecule has 1 amide bonds. The maximum atomic E-state index is 11.9. The zero-order valence-corrected chi connectivity index (χ0v) is 15.2. The van der Waals surface area contributed by atoms with Crippen LogP contribution < -0.4 is 16.6 Å². The average molecular weight is 367 g/mol. The van der Waals surface area contributed by atoms with Crippen LogP contribution >= 0.6 is 0 Å². The highest BCUT2D eigenvalue weighted by Crippen LogP contribution is 2.13. The number of benzene rings is 1. The Morgan fingerprint density at radius 2 is 1.89 bits per heavy atom. The van der Waals surface area contributed by atoms with Gasteiger partial charge in [-0.25, -0.2) is 9.48 Å². The molecule has 0 aliphatic heterocycles. The topological polar surface area (TPSA) is 102 Å². The number of H-pyrrole nitrogens is 1. The fraction of sp³-hybridized carbons (Fsp3) is 0.263. The van der Waals surface area contributed by atoms with Crippen LogP contribution in [0.3, 0.4) is 0 Å². The molecule has 0 spiro atoms. The Bertz CT molecular complexity index is 1060. The maximum absolute atomic E-state index is 11.9. The van der Waals surface area contributed by atoms with Gasteiger partial charge in [0, 0.05) is 24.5 Å². The highest BCUT2D eigenvalue weighted by Gasteiger charge is 2.06. The fourth-order valence-electron chi connectivity index (χ4n) is 2.82. The standard InChI is InChI=1S/C19H21N5O3/c1-13-11-14(2)24(22-13)16-5-3-15(4-6-16)7-9-20-18(26)12-23-10-8-17(25)21-19(23)27/h3-6,8,10-11H,7,9,12H2,1-2H3,(H,20,26)(H,21,25,27). The Hall–Kier alpha value is -3.42.